The summed E-state index contributed by atoms with van der Waals surface area (Å²) >= 11 is 0. The maximum atomic E-state index is 13.1. The Bertz CT molecular complexity index is 1040. The van der Waals surface area contributed by atoms with E-state index in [1.807, 2.05) is 38.1 Å². The number of fused-ring (bicyclic) bond motifs is 3. The van der Waals surface area contributed by atoms with Gasteiger partial charge < -0.3 is 20.3 Å². The molecule has 3 heterocycles. The molecule has 8 nitrogen and oxygen atoms in total. The van der Waals surface area contributed by atoms with Gasteiger partial charge >= 0.3 is 0 Å². The summed E-state index contributed by atoms with van der Waals surface area (Å²) in [6.07, 6.45) is 3.63. The van der Waals surface area contributed by atoms with Crippen molar-refractivity contribution in [2.75, 3.05) is 13.1 Å². The number of amides is 2. The number of nitrogens with zero attached hydrogens (tertiary/aromatic N) is 2. The zero-order valence-corrected chi connectivity index (χ0v) is 18.7. The number of aliphatic hydroxyl groups is 1. The minimum Gasteiger partial charge on any atom is -0.390 e. The van der Waals surface area contributed by atoms with Gasteiger partial charge in [-0.15, -0.1) is 0 Å². The van der Waals surface area contributed by atoms with Gasteiger partial charge in [0.25, 0.3) is 11.5 Å². The first kappa shape index (κ1) is 22.5. The van der Waals surface area contributed by atoms with Crippen LogP contribution in [-0.4, -0.2) is 64.2 Å². The largest absolute Gasteiger partial charge is 0.390 e. The van der Waals surface area contributed by atoms with Gasteiger partial charge in [0, 0.05) is 37.3 Å². The maximum Gasteiger partial charge on any atom is 0.264 e. The van der Waals surface area contributed by atoms with Crippen molar-refractivity contribution in [1.82, 2.24) is 20.1 Å². The molecule has 2 fully saturated rings. The first-order chi connectivity index (χ1) is 15.4. The second-order valence-corrected chi connectivity index (χ2v) is 9.29. The molecule has 0 aliphatic carbocycles. The van der Waals surface area contributed by atoms with Crippen LogP contribution in [0.3, 0.4) is 0 Å². The van der Waals surface area contributed by atoms with Gasteiger partial charge in [-0.25, -0.2) is 0 Å². The minimum absolute atomic E-state index is 0.000127. The fraction of sp³-hybridized carbons (Fsp3) is 0.542. The molecule has 2 saturated heterocycles. The number of aromatic nitrogens is 1. The van der Waals surface area contributed by atoms with Crippen LogP contribution in [-0.2, 0) is 4.79 Å². The van der Waals surface area contributed by atoms with Crippen LogP contribution in [0.1, 0.15) is 55.9 Å². The van der Waals surface area contributed by atoms with E-state index in [1.165, 1.54) is 0 Å². The molecule has 0 radical (unpaired) electrons. The number of aliphatic hydroxyl groups excluding tert-OH is 1. The van der Waals surface area contributed by atoms with E-state index in [4.69, 9.17) is 0 Å². The lowest BCUT2D eigenvalue weighted by atomic mass is 9.96. The van der Waals surface area contributed by atoms with E-state index in [1.54, 1.807) is 10.6 Å². The summed E-state index contributed by atoms with van der Waals surface area (Å²) in [6.45, 7) is 4.65. The average Bonchev–Trinajstić information content (AvgIpc) is 2.99. The number of benzene rings is 1. The van der Waals surface area contributed by atoms with Gasteiger partial charge in [-0.1, -0.05) is 18.2 Å². The van der Waals surface area contributed by atoms with Crippen LogP contribution < -0.4 is 16.2 Å². The highest BCUT2D eigenvalue weighted by atomic mass is 16.3. The molecule has 0 saturated carbocycles. The molecule has 2 aromatic rings. The first-order valence-corrected chi connectivity index (χ1v) is 11.4. The Morgan fingerprint density at radius 1 is 1.22 bits per heavy atom. The summed E-state index contributed by atoms with van der Waals surface area (Å²) in [5, 5.41) is 16.7. The van der Waals surface area contributed by atoms with E-state index < -0.39 is 6.10 Å². The standard InChI is InChI=1S/C24H32N4O4/c1-15(2)28-22-6-4-3-5-16(22)9-21(24(28)32)23(31)26-17-10-18-7-8-19(11-17)27(18)13-20(30)12-25-14-29/h3-6,9,14-15,17-20,30H,7-8,10-13H2,1-2H3,(H,25,29)(H,26,31)/t17-,18-,19+,20?. The van der Waals surface area contributed by atoms with Crippen LogP contribution in [0, 0.1) is 0 Å². The normalized spacial score (nSPS) is 23.9. The summed E-state index contributed by atoms with van der Waals surface area (Å²) in [5.41, 5.74) is 0.753. The number of carbonyl (C=O) groups is 2. The Labute approximate surface area is 187 Å². The summed E-state index contributed by atoms with van der Waals surface area (Å²) < 4.78 is 1.69. The SMILES string of the molecule is CC(C)n1c(=O)c(C(=O)N[C@@H]2C[C@H]3CC[C@@H](C2)N3CC(O)CNC=O)cc2ccccc21. The molecule has 2 aliphatic heterocycles. The van der Waals surface area contributed by atoms with Gasteiger partial charge in [-0.05, 0) is 57.0 Å². The summed E-state index contributed by atoms with van der Waals surface area (Å²) in [7, 11) is 0. The van der Waals surface area contributed by atoms with Crippen molar-refractivity contribution in [2.45, 2.75) is 69.8 Å². The molecule has 8 heteroatoms. The van der Waals surface area contributed by atoms with Gasteiger partial charge in [-0.2, -0.15) is 0 Å². The number of rotatable bonds is 8. The predicted molar refractivity (Wildman–Crippen MR) is 123 cm³/mol. The predicted octanol–water partition coefficient (Wildman–Crippen LogP) is 1.41. The van der Waals surface area contributed by atoms with Crippen molar-refractivity contribution in [3.8, 4) is 0 Å². The topological polar surface area (TPSA) is 104 Å². The maximum absolute atomic E-state index is 13.1. The molecule has 172 valence electrons. The van der Waals surface area contributed by atoms with Crippen molar-refractivity contribution < 1.29 is 14.7 Å². The third kappa shape index (κ3) is 4.42. The first-order valence-electron chi connectivity index (χ1n) is 11.4. The van der Waals surface area contributed by atoms with Gasteiger partial charge in [0.05, 0.1) is 11.6 Å². The van der Waals surface area contributed by atoms with Crippen LogP contribution >= 0.6 is 0 Å². The lowest BCUT2D eigenvalue weighted by molar-refractivity contribution is -0.110. The Hall–Kier alpha value is -2.71. The van der Waals surface area contributed by atoms with Crippen molar-refractivity contribution in [2.24, 2.45) is 0 Å². The van der Waals surface area contributed by atoms with Crippen molar-refractivity contribution in [3.63, 3.8) is 0 Å². The van der Waals surface area contributed by atoms with Crippen molar-refractivity contribution in [1.29, 1.82) is 0 Å². The van der Waals surface area contributed by atoms with Crippen LogP contribution in [0.5, 0.6) is 0 Å². The quantitative estimate of drug-likeness (QED) is 0.539. The van der Waals surface area contributed by atoms with E-state index in [-0.39, 0.29) is 47.7 Å². The van der Waals surface area contributed by atoms with Crippen LogP contribution in [0.15, 0.2) is 35.1 Å². The van der Waals surface area contributed by atoms with Gasteiger partial charge in [0.2, 0.25) is 6.41 Å². The Morgan fingerprint density at radius 2 is 1.91 bits per heavy atom. The molecule has 2 aliphatic rings. The molecule has 1 aromatic carbocycles. The zero-order chi connectivity index (χ0) is 22.8. The lowest BCUT2D eigenvalue weighted by Gasteiger charge is -2.40. The fourth-order valence-electron chi connectivity index (χ4n) is 5.41. The van der Waals surface area contributed by atoms with Crippen LogP contribution in [0.4, 0.5) is 0 Å². The van der Waals surface area contributed by atoms with Crippen LogP contribution in [0.25, 0.3) is 10.9 Å². The molecular formula is C24H32N4O4. The summed E-state index contributed by atoms with van der Waals surface area (Å²) in [4.78, 5) is 39.1. The van der Waals surface area contributed by atoms with Crippen molar-refractivity contribution in [3.05, 3.63) is 46.2 Å². The molecule has 32 heavy (non-hydrogen) atoms. The highest BCUT2D eigenvalue weighted by Crippen LogP contribution is 2.35. The fourth-order valence-corrected chi connectivity index (χ4v) is 5.41. The molecule has 1 aromatic heterocycles. The molecule has 2 amide bonds. The number of carbonyl (C=O) groups excluding carboxylic acids is 2. The lowest BCUT2D eigenvalue weighted by Crippen LogP contribution is -2.53. The van der Waals surface area contributed by atoms with E-state index in [0.717, 1.165) is 36.6 Å². The summed E-state index contributed by atoms with van der Waals surface area (Å²) in [6, 6.07) is 9.86. The van der Waals surface area contributed by atoms with Crippen LogP contribution in [0.2, 0.25) is 0 Å². The number of piperidine rings is 1. The molecular weight excluding hydrogens is 408 g/mol. The number of para-hydroxylation sites is 1. The molecule has 3 N–H and O–H groups in total. The molecule has 4 rings (SSSR count). The number of hydrogen-bond donors (Lipinski definition) is 3. The number of nitrogens with one attached hydrogen (secondary N) is 2. The number of hydrogen-bond acceptors (Lipinski definition) is 5. The third-order valence-corrected chi connectivity index (χ3v) is 6.78. The zero-order valence-electron chi connectivity index (χ0n) is 18.7. The van der Waals surface area contributed by atoms with E-state index in [2.05, 4.69) is 15.5 Å². The smallest absolute Gasteiger partial charge is 0.264 e. The second-order valence-electron chi connectivity index (χ2n) is 9.29. The number of pyridine rings is 1. The second kappa shape index (κ2) is 9.42. The Balaban J connectivity index is 1.48. The highest BCUT2D eigenvalue weighted by molar-refractivity contribution is 5.97. The Kier molecular flexibility index (Phi) is 6.62. The van der Waals surface area contributed by atoms with E-state index >= 15 is 0 Å². The van der Waals surface area contributed by atoms with E-state index in [0.29, 0.717) is 13.0 Å². The van der Waals surface area contributed by atoms with Crippen molar-refractivity contribution >= 4 is 23.2 Å². The molecule has 1 unspecified atom stereocenters. The van der Waals surface area contributed by atoms with E-state index in [9.17, 15) is 19.5 Å². The summed E-state index contributed by atoms with van der Waals surface area (Å²) in [5.74, 6) is -0.316. The van der Waals surface area contributed by atoms with Gasteiger partial charge in [-0.3, -0.25) is 19.3 Å². The Morgan fingerprint density at radius 3 is 2.56 bits per heavy atom. The van der Waals surface area contributed by atoms with Gasteiger partial charge in [0.1, 0.15) is 5.56 Å². The monoisotopic (exact) mass is 440 g/mol. The average molecular weight is 441 g/mol. The minimum atomic E-state index is -0.610. The molecule has 4 atom stereocenters. The third-order valence-electron chi connectivity index (χ3n) is 6.78. The molecule has 0 spiro atoms. The van der Waals surface area contributed by atoms with Gasteiger partial charge in [0.15, 0.2) is 0 Å². The molecule has 2 bridgehead atoms. The highest BCUT2D eigenvalue weighted by Gasteiger charge is 2.41.